The van der Waals surface area contributed by atoms with Gasteiger partial charge in [0.1, 0.15) is 6.07 Å². The Bertz CT molecular complexity index is 444. The number of aliphatic imine (C=N–C) groups is 1. The Morgan fingerprint density at radius 3 is 2.60 bits per heavy atom. The van der Waals surface area contributed by atoms with Crippen LogP contribution in [0.15, 0.2) is 47.0 Å². The van der Waals surface area contributed by atoms with Crippen LogP contribution in [0.4, 0.5) is 5.69 Å². The SMILES string of the molecule is N#CC/C=C(\C#N)C=Nc1ccccc1. The lowest BCUT2D eigenvalue weighted by Gasteiger charge is -1.90. The Morgan fingerprint density at radius 2 is 2.00 bits per heavy atom. The van der Waals surface area contributed by atoms with E-state index < -0.39 is 0 Å². The number of nitriles is 2. The molecule has 1 aromatic rings. The van der Waals surface area contributed by atoms with E-state index in [0.29, 0.717) is 5.57 Å². The maximum Gasteiger partial charge on any atom is 0.100 e. The van der Waals surface area contributed by atoms with Gasteiger partial charge in [-0.1, -0.05) is 24.3 Å². The van der Waals surface area contributed by atoms with Crippen LogP contribution >= 0.6 is 0 Å². The quantitative estimate of drug-likeness (QED) is 0.550. The van der Waals surface area contributed by atoms with Gasteiger partial charge < -0.3 is 0 Å². The third-order valence-corrected chi connectivity index (χ3v) is 1.65. The number of hydrogen-bond acceptors (Lipinski definition) is 3. The number of para-hydroxylation sites is 1. The zero-order valence-corrected chi connectivity index (χ0v) is 8.09. The van der Waals surface area contributed by atoms with Crippen LogP contribution in [0.5, 0.6) is 0 Å². The van der Waals surface area contributed by atoms with E-state index in [2.05, 4.69) is 4.99 Å². The summed E-state index contributed by atoms with van der Waals surface area (Å²) >= 11 is 0. The van der Waals surface area contributed by atoms with Crippen molar-refractivity contribution in [3.63, 3.8) is 0 Å². The van der Waals surface area contributed by atoms with Crippen LogP contribution in [0.3, 0.4) is 0 Å². The molecule has 0 atom stereocenters. The average molecular weight is 195 g/mol. The summed E-state index contributed by atoms with van der Waals surface area (Å²) in [6, 6.07) is 13.2. The van der Waals surface area contributed by atoms with Gasteiger partial charge in [-0.2, -0.15) is 10.5 Å². The van der Waals surface area contributed by atoms with Gasteiger partial charge in [0.2, 0.25) is 0 Å². The summed E-state index contributed by atoms with van der Waals surface area (Å²) in [5, 5.41) is 17.1. The molecule has 0 amide bonds. The second kappa shape index (κ2) is 6.12. The zero-order chi connectivity index (χ0) is 10.9. The van der Waals surface area contributed by atoms with Crippen molar-refractivity contribution in [2.45, 2.75) is 6.42 Å². The fraction of sp³-hybridized carbons (Fsp3) is 0.0833. The van der Waals surface area contributed by atoms with E-state index in [-0.39, 0.29) is 6.42 Å². The van der Waals surface area contributed by atoms with Crippen LogP contribution in [0.25, 0.3) is 0 Å². The Labute approximate surface area is 88.6 Å². The third-order valence-electron chi connectivity index (χ3n) is 1.65. The van der Waals surface area contributed by atoms with Crippen LogP contribution < -0.4 is 0 Å². The van der Waals surface area contributed by atoms with Crippen molar-refractivity contribution >= 4 is 11.9 Å². The Kier molecular flexibility index (Phi) is 4.36. The Balaban J connectivity index is 2.73. The predicted molar refractivity (Wildman–Crippen MR) is 58.5 cm³/mol. The number of benzene rings is 1. The standard InChI is InChI=1S/C12H9N3/c13-8-4-5-11(9-14)10-15-12-6-2-1-3-7-12/h1-3,5-7,10H,4H2/b11-5+,15-10?. The minimum atomic E-state index is 0.226. The van der Waals surface area contributed by atoms with Crippen molar-refractivity contribution in [3.05, 3.63) is 42.0 Å². The van der Waals surface area contributed by atoms with Crippen molar-refractivity contribution in [2.24, 2.45) is 4.99 Å². The fourth-order valence-corrected chi connectivity index (χ4v) is 0.941. The van der Waals surface area contributed by atoms with Crippen LogP contribution in [0.2, 0.25) is 0 Å². The van der Waals surface area contributed by atoms with E-state index in [1.807, 2.05) is 42.5 Å². The first-order valence-electron chi connectivity index (χ1n) is 4.43. The maximum absolute atomic E-state index is 8.71. The molecule has 0 N–H and O–H groups in total. The second-order valence-corrected chi connectivity index (χ2v) is 2.73. The van der Waals surface area contributed by atoms with Crippen LogP contribution in [0.1, 0.15) is 6.42 Å². The van der Waals surface area contributed by atoms with E-state index in [1.165, 1.54) is 6.21 Å². The molecule has 0 bridgehead atoms. The highest BCUT2D eigenvalue weighted by Crippen LogP contribution is 2.09. The molecule has 1 aromatic carbocycles. The molecule has 0 spiro atoms. The van der Waals surface area contributed by atoms with Crippen molar-refractivity contribution in [2.75, 3.05) is 0 Å². The Morgan fingerprint density at radius 1 is 1.27 bits per heavy atom. The van der Waals surface area contributed by atoms with E-state index in [1.54, 1.807) is 6.08 Å². The highest BCUT2D eigenvalue weighted by molar-refractivity contribution is 5.85. The van der Waals surface area contributed by atoms with Gasteiger partial charge >= 0.3 is 0 Å². The van der Waals surface area contributed by atoms with Crippen LogP contribution in [-0.2, 0) is 0 Å². The molecular formula is C12H9N3. The Hall–Kier alpha value is -2.39. The van der Waals surface area contributed by atoms with Gasteiger partial charge in [-0.05, 0) is 12.1 Å². The van der Waals surface area contributed by atoms with Gasteiger partial charge in [0.25, 0.3) is 0 Å². The van der Waals surface area contributed by atoms with Crippen LogP contribution in [-0.4, -0.2) is 6.21 Å². The van der Waals surface area contributed by atoms with Gasteiger partial charge in [0.15, 0.2) is 0 Å². The molecule has 0 saturated heterocycles. The van der Waals surface area contributed by atoms with E-state index in [4.69, 9.17) is 10.5 Å². The second-order valence-electron chi connectivity index (χ2n) is 2.73. The maximum atomic E-state index is 8.71. The number of nitrogens with zero attached hydrogens (tertiary/aromatic N) is 3. The summed E-state index contributed by atoms with van der Waals surface area (Å²) in [6.45, 7) is 0. The molecular weight excluding hydrogens is 186 g/mol. The first kappa shape index (κ1) is 10.7. The first-order chi connectivity index (χ1) is 7.36. The topological polar surface area (TPSA) is 59.9 Å². The lowest BCUT2D eigenvalue weighted by atomic mass is 10.2. The highest BCUT2D eigenvalue weighted by Gasteiger charge is 1.89. The van der Waals surface area contributed by atoms with Crippen molar-refractivity contribution in [3.8, 4) is 12.1 Å². The average Bonchev–Trinajstić information content (AvgIpc) is 2.31. The number of hydrogen-bond donors (Lipinski definition) is 0. The summed E-state index contributed by atoms with van der Waals surface area (Å²) in [4.78, 5) is 4.11. The molecule has 0 aromatic heterocycles. The summed E-state index contributed by atoms with van der Waals surface area (Å²) < 4.78 is 0. The largest absolute Gasteiger partial charge is 0.256 e. The molecule has 0 unspecified atom stereocenters. The molecule has 3 heteroatoms. The van der Waals surface area contributed by atoms with Crippen molar-refractivity contribution < 1.29 is 0 Å². The third kappa shape index (κ3) is 3.89. The molecule has 72 valence electrons. The summed E-state index contributed by atoms with van der Waals surface area (Å²) in [6.07, 6.45) is 3.24. The smallest absolute Gasteiger partial charge is 0.100 e. The molecule has 0 aliphatic carbocycles. The highest BCUT2D eigenvalue weighted by atomic mass is 14.7. The molecule has 0 heterocycles. The normalized spacial score (nSPS) is 10.9. The van der Waals surface area contributed by atoms with E-state index in [9.17, 15) is 0 Å². The zero-order valence-electron chi connectivity index (χ0n) is 8.09. The van der Waals surface area contributed by atoms with Crippen LogP contribution in [0, 0.1) is 22.7 Å². The van der Waals surface area contributed by atoms with Gasteiger partial charge in [-0.25, -0.2) is 0 Å². The minimum Gasteiger partial charge on any atom is -0.256 e. The lowest BCUT2D eigenvalue weighted by Crippen LogP contribution is -1.79. The summed E-state index contributed by atoms with van der Waals surface area (Å²) in [5.41, 5.74) is 1.19. The first-order valence-corrected chi connectivity index (χ1v) is 4.43. The molecule has 1 rings (SSSR count). The molecule has 15 heavy (non-hydrogen) atoms. The number of allylic oxidation sites excluding steroid dienone is 2. The molecule has 3 nitrogen and oxygen atoms in total. The van der Waals surface area contributed by atoms with Gasteiger partial charge in [0.05, 0.1) is 23.8 Å². The van der Waals surface area contributed by atoms with Gasteiger partial charge in [-0.3, -0.25) is 4.99 Å². The fourth-order valence-electron chi connectivity index (χ4n) is 0.941. The number of rotatable bonds is 3. The van der Waals surface area contributed by atoms with Gasteiger partial charge in [0, 0.05) is 6.21 Å². The molecule has 0 fully saturated rings. The van der Waals surface area contributed by atoms with E-state index >= 15 is 0 Å². The van der Waals surface area contributed by atoms with Crippen molar-refractivity contribution in [1.29, 1.82) is 10.5 Å². The minimum absolute atomic E-state index is 0.226. The monoisotopic (exact) mass is 195 g/mol. The van der Waals surface area contributed by atoms with Gasteiger partial charge in [-0.15, -0.1) is 0 Å². The lowest BCUT2D eigenvalue weighted by molar-refractivity contribution is 1.34. The molecule has 0 saturated carbocycles. The summed E-state index contributed by atoms with van der Waals surface area (Å²) in [5.74, 6) is 0. The van der Waals surface area contributed by atoms with E-state index in [0.717, 1.165) is 5.69 Å². The predicted octanol–water partition coefficient (Wildman–Crippen LogP) is 2.75. The molecule has 0 aliphatic heterocycles. The molecule has 0 radical (unpaired) electrons. The molecule has 0 aliphatic rings. The van der Waals surface area contributed by atoms with Crippen molar-refractivity contribution in [1.82, 2.24) is 0 Å². The summed E-state index contributed by atoms with van der Waals surface area (Å²) in [7, 11) is 0.